The Morgan fingerprint density at radius 1 is 1.61 bits per heavy atom. The lowest BCUT2D eigenvalue weighted by Gasteiger charge is -2.30. The summed E-state index contributed by atoms with van der Waals surface area (Å²) in [5.74, 6) is 4.58. The first-order valence-corrected chi connectivity index (χ1v) is 8.48. The first-order valence-electron chi connectivity index (χ1n) is 6.28. The van der Waals surface area contributed by atoms with Crippen LogP contribution in [-0.2, 0) is 6.54 Å². The van der Waals surface area contributed by atoms with Crippen LogP contribution in [-0.4, -0.2) is 46.4 Å². The maximum atomic E-state index is 5.46. The van der Waals surface area contributed by atoms with Gasteiger partial charge in [0.05, 0.1) is 25.0 Å². The van der Waals surface area contributed by atoms with Crippen molar-refractivity contribution in [2.45, 2.75) is 24.8 Å². The van der Waals surface area contributed by atoms with Crippen molar-refractivity contribution in [2.24, 2.45) is 0 Å². The van der Waals surface area contributed by atoms with E-state index in [0.29, 0.717) is 11.3 Å². The summed E-state index contributed by atoms with van der Waals surface area (Å²) < 4.78 is 7.50. The van der Waals surface area contributed by atoms with Crippen molar-refractivity contribution in [3.8, 4) is 5.75 Å². The molecule has 2 atom stereocenters. The van der Waals surface area contributed by atoms with Crippen LogP contribution in [0.15, 0.2) is 6.20 Å². The predicted molar refractivity (Wildman–Crippen MR) is 79.8 cm³/mol. The van der Waals surface area contributed by atoms with E-state index in [4.69, 9.17) is 4.74 Å². The van der Waals surface area contributed by atoms with Gasteiger partial charge < -0.3 is 10.1 Å². The monoisotopic (exact) mass is 287 g/mol. The standard InChI is InChI=1S/C12H21N3OS2/c1-4-15-12(9(16-3)7-14-15)11(13-2)10-8-17-5-6-18-10/h7,10-11,13H,4-6,8H2,1-3H3. The van der Waals surface area contributed by atoms with Crippen molar-refractivity contribution in [1.82, 2.24) is 15.1 Å². The van der Waals surface area contributed by atoms with E-state index in [-0.39, 0.29) is 0 Å². The van der Waals surface area contributed by atoms with Gasteiger partial charge in [0.25, 0.3) is 0 Å². The Labute approximate surface area is 117 Å². The number of methoxy groups -OCH3 is 1. The maximum absolute atomic E-state index is 5.46. The predicted octanol–water partition coefficient (Wildman–Crippen LogP) is 2.02. The fourth-order valence-electron chi connectivity index (χ4n) is 2.30. The molecule has 1 aliphatic heterocycles. The van der Waals surface area contributed by atoms with Gasteiger partial charge in [-0.3, -0.25) is 4.68 Å². The van der Waals surface area contributed by atoms with Crippen LogP contribution in [0.3, 0.4) is 0 Å². The summed E-state index contributed by atoms with van der Waals surface area (Å²) in [6.45, 7) is 2.99. The molecule has 4 nitrogen and oxygen atoms in total. The molecule has 2 unspecified atom stereocenters. The van der Waals surface area contributed by atoms with Gasteiger partial charge in [0.15, 0.2) is 5.75 Å². The summed E-state index contributed by atoms with van der Waals surface area (Å²) in [7, 11) is 3.74. The number of hydrogen-bond acceptors (Lipinski definition) is 5. The fourth-order valence-corrected chi connectivity index (χ4v) is 5.18. The Balaban J connectivity index is 2.27. The van der Waals surface area contributed by atoms with Crippen molar-refractivity contribution in [3.63, 3.8) is 0 Å². The molecule has 0 saturated carbocycles. The van der Waals surface area contributed by atoms with Gasteiger partial charge in [0.2, 0.25) is 0 Å². The van der Waals surface area contributed by atoms with Gasteiger partial charge in [-0.2, -0.15) is 28.6 Å². The Morgan fingerprint density at radius 2 is 2.44 bits per heavy atom. The van der Waals surface area contributed by atoms with E-state index < -0.39 is 0 Å². The van der Waals surface area contributed by atoms with Crippen LogP contribution in [0.4, 0.5) is 0 Å². The molecule has 0 amide bonds. The second kappa shape index (κ2) is 6.73. The Kier molecular flexibility index (Phi) is 5.26. The van der Waals surface area contributed by atoms with Crippen LogP contribution >= 0.6 is 23.5 Å². The van der Waals surface area contributed by atoms with Gasteiger partial charge >= 0.3 is 0 Å². The van der Waals surface area contributed by atoms with Gasteiger partial charge in [-0.15, -0.1) is 0 Å². The molecular weight excluding hydrogens is 266 g/mol. The topological polar surface area (TPSA) is 39.1 Å². The summed E-state index contributed by atoms with van der Waals surface area (Å²) in [5.41, 5.74) is 1.18. The van der Waals surface area contributed by atoms with E-state index >= 15 is 0 Å². The zero-order valence-corrected chi connectivity index (χ0v) is 12.8. The minimum Gasteiger partial charge on any atom is -0.493 e. The molecule has 1 fully saturated rings. The highest BCUT2D eigenvalue weighted by molar-refractivity contribution is 8.06. The third-order valence-corrected chi connectivity index (χ3v) is 6.05. The number of thioether (sulfide) groups is 2. The van der Waals surface area contributed by atoms with E-state index in [1.54, 1.807) is 7.11 Å². The number of aryl methyl sites for hydroxylation is 1. The maximum Gasteiger partial charge on any atom is 0.161 e. The van der Waals surface area contributed by atoms with Crippen LogP contribution in [0.25, 0.3) is 0 Å². The van der Waals surface area contributed by atoms with Crippen molar-refractivity contribution >= 4 is 23.5 Å². The first-order chi connectivity index (χ1) is 8.81. The lowest BCUT2D eigenvalue weighted by atomic mass is 10.1. The second-order valence-electron chi connectivity index (χ2n) is 4.16. The van der Waals surface area contributed by atoms with Crippen molar-refractivity contribution in [2.75, 3.05) is 31.4 Å². The summed E-state index contributed by atoms with van der Waals surface area (Å²) in [5, 5.41) is 8.44. The molecule has 2 heterocycles. The van der Waals surface area contributed by atoms with E-state index in [2.05, 4.69) is 29.1 Å². The number of rotatable bonds is 5. The Morgan fingerprint density at radius 3 is 3.00 bits per heavy atom. The van der Waals surface area contributed by atoms with Gasteiger partial charge in [-0.05, 0) is 14.0 Å². The fraction of sp³-hybridized carbons (Fsp3) is 0.750. The lowest BCUT2D eigenvalue weighted by Crippen LogP contribution is -2.33. The highest BCUT2D eigenvalue weighted by atomic mass is 32.2. The Bertz CT molecular complexity index is 356. The number of nitrogens with one attached hydrogen (secondary N) is 1. The SMILES string of the molecule is CCn1ncc(OC)c1C(NC)C1CSCCS1. The molecule has 2 rings (SSSR count). The molecule has 0 spiro atoms. The molecule has 1 N–H and O–H groups in total. The van der Waals surface area contributed by atoms with Crippen LogP contribution < -0.4 is 10.1 Å². The number of aromatic nitrogens is 2. The minimum atomic E-state index is 0.306. The first kappa shape index (κ1) is 14.1. The molecule has 0 aliphatic carbocycles. The zero-order valence-electron chi connectivity index (χ0n) is 11.2. The van der Waals surface area contributed by atoms with Crippen LogP contribution in [0.5, 0.6) is 5.75 Å². The Hall–Kier alpha value is -0.330. The van der Waals surface area contributed by atoms with Crippen molar-refractivity contribution in [1.29, 1.82) is 0 Å². The molecule has 0 radical (unpaired) electrons. The van der Waals surface area contributed by atoms with Crippen LogP contribution in [0.2, 0.25) is 0 Å². The molecule has 6 heteroatoms. The van der Waals surface area contributed by atoms with E-state index in [0.717, 1.165) is 12.3 Å². The molecule has 102 valence electrons. The molecule has 0 aromatic carbocycles. The summed E-state index contributed by atoms with van der Waals surface area (Å²) >= 11 is 4.09. The molecule has 1 saturated heterocycles. The van der Waals surface area contributed by atoms with Crippen LogP contribution in [0.1, 0.15) is 18.7 Å². The average Bonchev–Trinajstić information content (AvgIpc) is 2.84. The second-order valence-corrected chi connectivity index (χ2v) is 6.66. The van der Waals surface area contributed by atoms with Crippen molar-refractivity contribution in [3.05, 3.63) is 11.9 Å². The average molecular weight is 287 g/mol. The van der Waals surface area contributed by atoms with Crippen LogP contribution in [0, 0.1) is 0 Å². The highest BCUT2D eigenvalue weighted by Gasteiger charge is 2.30. The highest BCUT2D eigenvalue weighted by Crippen LogP contribution is 2.36. The largest absolute Gasteiger partial charge is 0.493 e. The third-order valence-electron chi connectivity index (χ3n) is 3.18. The molecule has 0 bridgehead atoms. The normalized spacial score (nSPS) is 21.8. The van der Waals surface area contributed by atoms with E-state index in [9.17, 15) is 0 Å². The third kappa shape index (κ3) is 2.81. The van der Waals surface area contributed by atoms with Gasteiger partial charge in [0.1, 0.15) is 0 Å². The summed E-state index contributed by atoms with van der Waals surface area (Å²) in [6, 6.07) is 0.306. The quantitative estimate of drug-likeness (QED) is 0.897. The van der Waals surface area contributed by atoms with E-state index in [1.807, 2.05) is 29.7 Å². The minimum absolute atomic E-state index is 0.306. The van der Waals surface area contributed by atoms with E-state index in [1.165, 1.54) is 23.0 Å². The molecule has 1 aliphatic rings. The molecule has 18 heavy (non-hydrogen) atoms. The molecule has 1 aromatic heterocycles. The number of hydrogen-bond donors (Lipinski definition) is 1. The lowest BCUT2D eigenvalue weighted by molar-refractivity contribution is 0.395. The number of nitrogens with zero attached hydrogens (tertiary/aromatic N) is 2. The molecule has 1 aromatic rings. The van der Waals surface area contributed by atoms with Gasteiger partial charge in [-0.1, -0.05) is 0 Å². The summed E-state index contributed by atoms with van der Waals surface area (Å²) in [6.07, 6.45) is 1.82. The molecular formula is C12H21N3OS2. The number of ether oxygens (including phenoxy) is 1. The summed E-state index contributed by atoms with van der Waals surface area (Å²) in [4.78, 5) is 0. The van der Waals surface area contributed by atoms with Gasteiger partial charge in [0, 0.05) is 29.1 Å². The zero-order chi connectivity index (χ0) is 13.0. The van der Waals surface area contributed by atoms with Gasteiger partial charge in [-0.25, -0.2) is 0 Å². The van der Waals surface area contributed by atoms with Crippen molar-refractivity contribution < 1.29 is 4.74 Å². The smallest absolute Gasteiger partial charge is 0.161 e.